The molecule has 1 N–H and O–H groups in total. The second-order valence-corrected chi connectivity index (χ2v) is 5.30. The highest BCUT2D eigenvalue weighted by molar-refractivity contribution is 5.92. The SMILES string of the molecule is O=C(/C=C/c1ccccc1[N+](=O)[O-])NCCC1=CCCCC1. The Morgan fingerprint density at radius 3 is 2.86 bits per heavy atom. The van der Waals surface area contributed by atoms with Crippen LogP contribution >= 0.6 is 0 Å². The predicted molar refractivity (Wildman–Crippen MR) is 86.3 cm³/mol. The maximum atomic E-state index is 11.8. The zero-order chi connectivity index (χ0) is 15.8. The van der Waals surface area contributed by atoms with Crippen LogP contribution in [0.4, 0.5) is 5.69 Å². The number of para-hydroxylation sites is 1. The molecule has 0 atom stereocenters. The summed E-state index contributed by atoms with van der Waals surface area (Å²) < 4.78 is 0. The van der Waals surface area contributed by atoms with Crippen molar-refractivity contribution < 1.29 is 9.72 Å². The van der Waals surface area contributed by atoms with Gasteiger partial charge in [-0.2, -0.15) is 0 Å². The maximum Gasteiger partial charge on any atom is 0.276 e. The van der Waals surface area contributed by atoms with Crippen LogP contribution in [-0.4, -0.2) is 17.4 Å². The van der Waals surface area contributed by atoms with E-state index in [2.05, 4.69) is 11.4 Å². The van der Waals surface area contributed by atoms with Crippen LogP contribution in [0.3, 0.4) is 0 Å². The van der Waals surface area contributed by atoms with E-state index in [1.165, 1.54) is 36.6 Å². The van der Waals surface area contributed by atoms with E-state index in [1.54, 1.807) is 18.2 Å². The van der Waals surface area contributed by atoms with E-state index < -0.39 is 4.92 Å². The molecule has 5 nitrogen and oxygen atoms in total. The van der Waals surface area contributed by atoms with E-state index >= 15 is 0 Å². The zero-order valence-electron chi connectivity index (χ0n) is 12.5. The molecule has 0 unspecified atom stereocenters. The van der Waals surface area contributed by atoms with Gasteiger partial charge >= 0.3 is 0 Å². The Morgan fingerprint density at radius 2 is 2.14 bits per heavy atom. The lowest BCUT2D eigenvalue weighted by Gasteiger charge is -2.12. The Kier molecular flexibility index (Phi) is 5.89. The number of nitro benzene ring substituents is 1. The molecule has 2 rings (SSSR count). The van der Waals surface area contributed by atoms with Gasteiger partial charge in [-0.25, -0.2) is 0 Å². The van der Waals surface area contributed by atoms with E-state index in [4.69, 9.17) is 0 Å². The van der Waals surface area contributed by atoms with Crippen molar-refractivity contribution in [3.05, 3.63) is 57.7 Å². The summed E-state index contributed by atoms with van der Waals surface area (Å²) in [5, 5.41) is 13.7. The number of nitrogens with one attached hydrogen (secondary N) is 1. The second-order valence-electron chi connectivity index (χ2n) is 5.30. The fourth-order valence-corrected chi connectivity index (χ4v) is 2.50. The van der Waals surface area contributed by atoms with Crippen LogP contribution in [-0.2, 0) is 4.79 Å². The van der Waals surface area contributed by atoms with Crippen molar-refractivity contribution in [3.8, 4) is 0 Å². The second kappa shape index (κ2) is 8.12. The summed E-state index contributed by atoms with van der Waals surface area (Å²) >= 11 is 0. The average molecular weight is 300 g/mol. The van der Waals surface area contributed by atoms with Gasteiger partial charge in [0.2, 0.25) is 5.91 Å². The zero-order valence-corrected chi connectivity index (χ0v) is 12.5. The topological polar surface area (TPSA) is 72.2 Å². The molecule has 0 fully saturated rings. The van der Waals surface area contributed by atoms with E-state index in [9.17, 15) is 14.9 Å². The first-order chi connectivity index (χ1) is 10.7. The number of benzene rings is 1. The van der Waals surface area contributed by atoms with Crippen molar-refractivity contribution >= 4 is 17.7 Å². The van der Waals surface area contributed by atoms with Gasteiger partial charge in [-0.05, 0) is 44.2 Å². The van der Waals surface area contributed by atoms with Crippen LogP contribution in [0.2, 0.25) is 0 Å². The highest BCUT2D eigenvalue weighted by Crippen LogP contribution is 2.20. The molecule has 5 heteroatoms. The summed E-state index contributed by atoms with van der Waals surface area (Å²) in [5.41, 5.74) is 1.84. The quantitative estimate of drug-likeness (QED) is 0.377. The molecule has 1 aliphatic rings. The van der Waals surface area contributed by atoms with E-state index in [1.807, 2.05) is 0 Å². The number of amides is 1. The fraction of sp³-hybridized carbons (Fsp3) is 0.353. The minimum Gasteiger partial charge on any atom is -0.352 e. The highest BCUT2D eigenvalue weighted by atomic mass is 16.6. The summed E-state index contributed by atoms with van der Waals surface area (Å²) in [4.78, 5) is 22.2. The van der Waals surface area contributed by atoms with Gasteiger partial charge in [-0.1, -0.05) is 23.8 Å². The Bertz CT molecular complexity index is 606. The Morgan fingerprint density at radius 1 is 1.32 bits per heavy atom. The number of nitrogens with zero attached hydrogens (tertiary/aromatic N) is 1. The minimum atomic E-state index is -0.451. The molecule has 0 heterocycles. The number of rotatable bonds is 6. The molecular weight excluding hydrogens is 280 g/mol. The Balaban J connectivity index is 1.84. The van der Waals surface area contributed by atoms with Gasteiger partial charge in [0, 0.05) is 18.7 Å². The van der Waals surface area contributed by atoms with Crippen molar-refractivity contribution in [2.24, 2.45) is 0 Å². The van der Waals surface area contributed by atoms with Crippen molar-refractivity contribution in [2.45, 2.75) is 32.1 Å². The molecular formula is C17H20N2O3. The molecule has 0 bridgehead atoms. The highest BCUT2D eigenvalue weighted by Gasteiger charge is 2.09. The smallest absolute Gasteiger partial charge is 0.276 e. The normalized spacial score (nSPS) is 14.6. The van der Waals surface area contributed by atoms with Crippen LogP contribution in [0.15, 0.2) is 42.0 Å². The minimum absolute atomic E-state index is 0.00101. The molecule has 0 aliphatic heterocycles. The first-order valence-corrected chi connectivity index (χ1v) is 7.54. The van der Waals surface area contributed by atoms with Gasteiger partial charge in [0.1, 0.15) is 0 Å². The summed E-state index contributed by atoms with van der Waals surface area (Å²) in [5.74, 6) is -0.227. The molecule has 1 aromatic rings. The molecule has 22 heavy (non-hydrogen) atoms. The van der Waals surface area contributed by atoms with Gasteiger partial charge in [-0.15, -0.1) is 0 Å². The van der Waals surface area contributed by atoms with E-state index in [0.717, 1.165) is 19.3 Å². The molecule has 1 aromatic carbocycles. The van der Waals surface area contributed by atoms with Gasteiger partial charge in [-0.3, -0.25) is 14.9 Å². The first-order valence-electron chi connectivity index (χ1n) is 7.54. The summed E-state index contributed by atoms with van der Waals surface area (Å²) in [6.07, 6.45) is 10.7. The standard InChI is InChI=1S/C17H20N2O3/c20-17(18-13-12-14-6-2-1-3-7-14)11-10-15-8-4-5-9-16(15)19(21)22/h4-6,8-11H,1-3,7,12-13H2,(H,18,20)/b11-10+. The number of nitro groups is 1. The Hall–Kier alpha value is -2.43. The third-order valence-corrected chi connectivity index (χ3v) is 3.68. The van der Waals surface area contributed by atoms with Crippen LogP contribution in [0.5, 0.6) is 0 Å². The lowest BCUT2D eigenvalue weighted by atomic mass is 9.97. The average Bonchev–Trinajstić information content (AvgIpc) is 2.54. The van der Waals surface area contributed by atoms with Crippen LogP contribution in [0, 0.1) is 10.1 Å². The van der Waals surface area contributed by atoms with E-state index in [0.29, 0.717) is 12.1 Å². The third kappa shape index (κ3) is 4.84. The summed E-state index contributed by atoms with van der Waals surface area (Å²) in [6.45, 7) is 0.603. The molecule has 0 saturated heterocycles. The molecule has 0 radical (unpaired) electrons. The predicted octanol–water partition coefficient (Wildman–Crippen LogP) is 3.61. The van der Waals surface area contributed by atoms with Crippen LogP contribution in [0.25, 0.3) is 6.08 Å². The Labute approximate surface area is 129 Å². The van der Waals surface area contributed by atoms with Crippen molar-refractivity contribution in [3.63, 3.8) is 0 Å². The summed E-state index contributed by atoms with van der Waals surface area (Å²) in [6, 6.07) is 6.36. The monoisotopic (exact) mass is 300 g/mol. The van der Waals surface area contributed by atoms with E-state index in [-0.39, 0.29) is 11.6 Å². The molecule has 1 amide bonds. The number of allylic oxidation sites excluding steroid dienone is 1. The molecule has 0 saturated carbocycles. The van der Waals surface area contributed by atoms with Gasteiger partial charge < -0.3 is 5.32 Å². The number of carbonyl (C=O) groups is 1. The molecule has 0 spiro atoms. The van der Waals surface area contributed by atoms with Gasteiger partial charge in [0.05, 0.1) is 10.5 Å². The molecule has 0 aromatic heterocycles. The lowest BCUT2D eigenvalue weighted by molar-refractivity contribution is -0.385. The van der Waals surface area contributed by atoms with Crippen LogP contribution in [0.1, 0.15) is 37.7 Å². The first kappa shape index (κ1) is 15.9. The third-order valence-electron chi connectivity index (χ3n) is 3.68. The van der Waals surface area contributed by atoms with Gasteiger partial charge in [0.25, 0.3) is 5.69 Å². The number of hydrogen-bond donors (Lipinski definition) is 1. The lowest BCUT2D eigenvalue weighted by Crippen LogP contribution is -2.22. The largest absolute Gasteiger partial charge is 0.352 e. The fourth-order valence-electron chi connectivity index (χ4n) is 2.50. The van der Waals surface area contributed by atoms with Crippen LogP contribution < -0.4 is 5.32 Å². The molecule has 116 valence electrons. The van der Waals surface area contributed by atoms with Gasteiger partial charge in [0.15, 0.2) is 0 Å². The maximum absolute atomic E-state index is 11.8. The number of carbonyl (C=O) groups excluding carboxylic acids is 1. The van der Waals surface area contributed by atoms with Crippen molar-refractivity contribution in [1.29, 1.82) is 0 Å². The van der Waals surface area contributed by atoms with Crippen molar-refractivity contribution in [1.82, 2.24) is 5.32 Å². The van der Waals surface area contributed by atoms with Crippen molar-refractivity contribution in [2.75, 3.05) is 6.54 Å². The molecule has 1 aliphatic carbocycles. The number of hydrogen-bond acceptors (Lipinski definition) is 3. The summed E-state index contributed by atoms with van der Waals surface area (Å²) in [7, 11) is 0.